The average Bonchev–Trinajstić information content (AvgIpc) is 2.68. The number of hydrogen-bond acceptors (Lipinski definition) is 3. The third-order valence-corrected chi connectivity index (χ3v) is 4.22. The second-order valence-electron chi connectivity index (χ2n) is 6.05. The minimum atomic E-state index is -0.664. The summed E-state index contributed by atoms with van der Waals surface area (Å²) >= 11 is 0. The zero-order chi connectivity index (χ0) is 18.9. The van der Waals surface area contributed by atoms with Gasteiger partial charge in [-0.05, 0) is 29.7 Å². The molecule has 1 N–H and O–H groups in total. The molecule has 5 heteroatoms. The van der Waals surface area contributed by atoms with Crippen LogP contribution in [0.5, 0.6) is 5.75 Å². The van der Waals surface area contributed by atoms with Crippen LogP contribution in [0.15, 0.2) is 54.6 Å². The highest BCUT2D eigenvalue weighted by Gasteiger charge is 2.30. The van der Waals surface area contributed by atoms with Crippen LogP contribution in [0.4, 0.5) is 0 Å². The Morgan fingerprint density at radius 1 is 1.08 bits per heavy atom. The summed E-state index contributed by atoms with van der Waals surface area (Å²) in [4.78, 5) is 27.1. The predicted molar refractivity (Wildman–Crippen MR) is 102 cm³/mol. The fourth-order valence-electron chi connectivity index (χ4n) is 2.85. The van der Waals surface area contributed by atoms with Crippen molar-refractivity contribution in [3.05, 3.63) is 65.7 Å². The lowest BCUT2D eigenvalue weighted by Crippen LogP contribution is -2.42. The van der Waals surface area contributed by atoms with Crippen LogP contribution in [0.2, 0.25) is 0 Å². The molecule has 0 aliphatic carbocycles. The molecule has 0 spiro atoms. The van der Waals surface area contributed by atoms with E-state index in [0.29, 0.717) is 13.0 Å². The third-order valence-electron chi connectivity index (χ3n) is 4.22. The van der Waals surface area contributed by atoms with Crippen LogP contribution in [-0.2, 0) is 16.1 Å². The van der Waals surface area contributed by atoms with E-state index in [1.54, 1.807) is 19.1 Å². The lowest BCUT2D eigenvalue weighted by molar-refractivity contribution is -0.141. The van der Waals surface area contributed by atoms with Gasteiger partial charge in [0.25, 0.3) is 0 Å². The summed E-state index contributed by atoms with van der Waals surface area (Å²) in [5.41, 5.74) is 1.74. The van der Waals surface area contributed by atoms with Crippen molar-refractivity contribution < 1.29 is 14.3 Å². The number of rotatable bonds is 8. The summed E-state index contributed by atoms with van der Waals surface area (Å²) in [5.74, 6) is 0.515. The topological polar surface area (TPSA) is 58.6 Å². The molecule has 2 aromatic rings. The van der Waals surface area contributed by atoms with E-state index in [1.807, 2.05) is 61.5 Å². The summed E-state index contributed by atoms with van der Waals surface area (Å²) in [6.07, 6.45) is 1.13. The monoisotopic (exact) mass is 354 g/mol. The Morgan fingerprint density at radius 2 is 1.73 bits per heavy atom. The van der Waals surface area contributed by atoms with Gasteiger partial charge >= 0.3 is 0 Å². The number of amides is 2. The molecule has 0 radical (unpaired) electrons. The minimum Gasteiger partial charge on any atom is -0.497 e. The first-order valence-electron chi connectivity index (χ1n) is 8.79. The van der Waals surface area contributed by atoms with Gasteiger partial charge in [-0.2, -0.15) is 0 Å². The lowest BCUT2D eigenvalue weighted by atomic mass is 10.0. The first-order valence-corrected chi connectivity index (χ1v) is 8.79. The minimum absolute atomic E-state index is 0.0410. The van der Waals surface area contributed by atoms with Crippen LogP contribution in [0.25, 0.3) is 0 Å². The molecule has 5 nitrogen and oxygen atoms in total. The van der Waals surface area contributed by atoms with Crippen molar-refractivity contribution in [3.63, 3.8) is 0 Å². The standard InChI is InChI=1S/C21H26N2O3/c1-4-8-19(24)23(15-16-11-13-18(26-3)14-12-16)20(21(25)22-2)17-9-6-5-7-10-17/h5-7,9-14,20H,4,8,15H2,1-3H3,(H,22,25)/t20-/m1/s1. The third kappa shape index (κ3) is 4.85. The van der Waals surface area contributed by atoms with E-state index in [2.05, 4.69) is 5.32 Å². The maximum atomic E-state index is 12.8. The molecule has 0 saturated carbocycles. The summed E-state index contributed by atoms with van der Waals surface area (Å²) in [6.45, 7) is 2.32. The maximum Gasteiger partial charge on any atom is 0.247 e. The van der Waals surface area contributed by atoms with Gasteiger partial charge in [0.2, 0.25) is 11.8 Å². The van der Waals surface area contributed by atoms with E-state index in [1.165, 1.54) is 0 Å². The van der Waals surface area contributed by atoms with Gasteiger partial charge in [0.15, 0.2) is 0 Å². The van der Waals surface area contributed by atoms with Gasteiger partial charge in [0.05, 0.1) is 7.11 Å². The Kier molecular flexibility index (Phi) is 7.21. The Balaban J connectivity index is 2.39. The van der Waals surface area contributed by atoms with E-state index >= 15 is 0 Å². The van der Waals surface area contributed by atoms with Crippen LogP contribution < -0.4 is 10.1 Å². The summed E-state index contributed by atoms with van der Waals surface area (Å²) in [7, 11) is 3.21. The number of ether oxygens (including phenoxy) is 1. The highest BCUT2D eigenvalue weighted by Crippen LogP contribution is 2.25. The molecule has 2 amide bonds. The van der Waals surface area contributed by atoms with Gasteiger partial charge < -0.3 is 15.0 Å². The number of carbonyl (C=O) groups is 2. The average molecular weight is 354 g/mol. The quantitative estimate of drug-likeness (QED) is 0.791. The SMILES string of the molecule is CCCC(=O)N(Cc1ccc(OC)cc1)[C@@H](C(=O)NC)c1ccccc1. The fraction of sp³-hybridized carbons (Fsp3) is 0.333. The molecule has 26 heavy (non-hydrogen) atoms. The van der Waals surface area contributed by atoms with E-state index in [0.717, 1.165) is 23.3 Å². The number of nitrogens with one attached hydrogen (secondary N) is 1. The second kappa shape index (κ2) is 9.61. The summed E-state index contributed by atoms with van der Waals surface area (Å²) in [5, 5.41) is 2.69. The van der Waals surface area contributed by atoms with Crippen LogP contribution in [0.1, 0.15) is 36.9 Å². The van der Waals surface area contributed by atoms with E-state index in [4.69, 9.17) is 4.74 Å². The molecule has 1 atom stereocenters. The lowest BCUT2D eigenvalue weighted by Gasteiger charge is -2.31. The van der Waals surface area contributed by atoms with Gasteiger partial charge in [0.1, 0.15) is 11.8 Å². The fourth-order valence-corrected chi connectivity index (χ4v) is 2.85. The maximum absolute atomic E-state index is 12.8. The first kappa shape index (κ1) is 19.5. The molecule has 0 aromatic heterocycles. The van der Waals surface area contributed by atoms with Gasteiger partial charge in [-0.3, -0.25) is 9.59 Å². The smallest absolute Gasteiger partial charge is 0.247 e. The molecule has 138 valence electrons. The molecular weight excluding hydrogens is 328 g/mol. The molecule has 0 aliphatic rings. The second-order valence-corrected chi connectivity index (χ2v) is 6.05. The molecule has 2 aromatic carbocycles. The van der Waals surface area contributed by atoms with Crippen LogP contribution in [0, 0.1) is 0 Å². The highest BCUT2D eigenvalue weighted by molar-refractivity contribution is 5.88. The molecular formula is C21H26N2O3. The summed E-state index contributed by atoms with van der Waals surface area (Å²) in [6, 6.07) is 16.3. The van der Waals surface area contributed by atoms with Crippen molar-refractivity contribution in [1.82, 2.24) is 10.2 Å². The Labute approximate surface area is 155 Å². The van der Waals surface area contributed by atoms with Crippen molar-refractivity contribution >= 4 is 11.8 Å². The normalized spacial score (nSPS) is 11.5. The number of nitrogens with zero attached hydrogens (tertiary/aromatic N) is 1. The van der Waals surface area contributed by atoms with E-state index < -0.39 is 6.04 Å². The van der Waals surface area contributed by atoms with Gasteiger partial charge in [-0.1, -0.05) is 49.4 Å². The van der Waals surface area contributed by atoms with E-state index in [-0.39, 0.29) is 11.8 Å². The Hall–Kier alpha value is -2.82. The van der Waals surface area contributed by atoms with Crippen molar-refractivity contribution in [1.29, 1.82) is 0 Å². The molecule has 0 aliphatic heterocycles. The molecule has 0 bridgehead atoms. The summed E-state index contributed by atoms with van der Waals surface area (Å²) < 4.78 is 5.19. The molecule has 0 saturated heterocycles. The molecule has 0 fully saturated rings. The predicted octanol–water partition coefficient (Wildman–Crippen LogP) is 3.31. The number of methoxy groups -OCH3 is 1. The van der Waals surface area contributed by atoms with Crippen LogP contribution >= 0.6 is 0 Å². The molecule has 2 rings (SSSR count). The van der Waals surface area contributed by atoms with Gasteiger partial charge in [-0.25, -0.2) is 0 Å². The van der Waals surface area contributed by atoms with Crippen LogP contribution in [0.3, 0.4) is 0 Å². The number of likely N-dealkylation sites (N-methyl/N-ethyl adjacent to an activating group) is 1. The molecule has 0 heterocycles. The van der Waals surface area contributed by atoms with Crippen LogP contribution in [-0.4, -0.2) is 30.9 Å². The number of hydrogen-bond donors (Lipinski definition) is 1. The zero-order valence-corrected chi connectivity index (χ0v) is 15.6. The largest absolute Gasteiger partial charge is 0.497 e. The first-order chi connectivity index (χ1) is 12.6. The zero-order valence-electron chi connectivity index (χ0n) is 15.6. The number of carbonyl (C=O) groups excluding carboxylic acids is 2. The highest BCUT2D eigenvalue weighted by atomic mass is 16.5. The van der Waals surface area contributed by atoms with Crippen molar-refractivity contribution in [2.24, 2.45) is 0 Å². The number of benzene rings is 2. The van der Waals surface area contributed by atoms with Crippen molar-refractivity contribution in [3.8, 4) is 5.75 Å². The van der Waals surface area contributed by atoms with Crippen molar-refractivity contribution in [2.75, 3.05) is 14.2 Å². The Bertz CT molecular complexity index is 714. The Morgan fingerprint density at radius 3 is 2.27 bits per heavy atom. The van der Waals surface area contributed by atoms with Gasteiger partial charge in [-0.15, -0.1) is 0 Å². The van der Waals surface area contributed by atoms with Crippen molar-refractivity contribution in [2.45, 2.75) is 32.4 Å². The van der Waals surface area contributed by atoms with Gasteiger partial charge in [0, 0.05) is 20.0 Å². The van der Waals surface area contributed by atoms with E-state index in [9.17, 15) is 9.59 Å². The molecule has 0 unspecified atom stereocenters.